The molecular formula is C21H31ClFN3O2. The first kappa shape index (κ1) is 22.6. The van der Waals surface area contributed by atoms with Crippen LogP contribution < -0.4 is 5.73 Å². The van der Waals surface area contributed by atoms with Crippen LogP contribution in [0.15, 0.2) is 24.3 Å². The van der Waals surface area contributed by atoms with Gasteiger partial charge < -0.3 is 15.5 Å². The molecule has 1 aromatic carbocycles. The van der Waals surface area contributed by atoms with Gasteiger partial charge in [-0.1, -0.05) is 25.0 Å². The van der Waals surface area contributed by atoms with Crippen molar-refractivity contribution in [3.8, 4) is 0 Å². The van der Waals surface area contributed by atoms with Gasteiger partial charge in [-0.25, -0.2) is 4.39 Å². The van der Waals surface area contributed by atoms with Gasteiger partial charge in [-0.3, -0.25) is 9.59 Å². The van der Waals surface area contributed by atoms with Gasteiger partial charge in [-0.05, 0) is 43.9 Å². The summed E-state index contributed by atoms with van der Waals surface area (Å²) in [4.78, 5) is 29.3. The number of amides is 2. The fraction of sp³-hybridized carbons (Fsp3) is 0.619. The molecule has 0 radical (unpaired) electrons. The zero-order valence-electron chi connectivity index (χ0n) is 16.5. The lowest BCUT2D eigenvalue weighted by molar-refractivity contribution is -0.139. The van der Waals surface area contributed by atoms with E-state index in [0.717, 1.165) is 32.1 Å². The molecule has 1 saturated carbocycles. The van der Waals surface area contributed by atoms with Crippen molar-refractivity contribution in [2.75, 3.05) is 26.2 Å². The molecule has 1 aliphatic carbocycles. The van der Waals surface area contributed by atoms with Gasteiger partial charge >= 0.3 is 0 Å². The second-order valence-electron chi connectivity index (χ2n) is 8.17. The Morgan fingerprint density at radius 2 is 1.86 bits per heavy atom. The summed E-state index contributed by atoms with van der Waals surface area (Å²) in [6.45, 7) is 4.34. The van der Waals surface area contributed by atoms with E-state index >= 15 is 0 Å². The molecule has 3 rings (SSSR count). The first-order valence-electron chi connectivity index (χ1n) is 9.97. The van der Waals surface area contributed by atoms with Crippen LogP contribution in [0.5, 0.6) is 0 Å². The Morgan fingerprint density at radius 1 is 1.14 bits per heavy atom. The van der Waals surface area contributed by atoms with Crippen molar-refractivity contribution in [3.05, 3.63) is 35.6 Å². The maximum absolute atomic E-state index is 13.3. The number of rotatable bonds is 3. The predicted octanol–water partition coefficient (Wildman–Crippen LogP) is 2.76. The van der Waals surface area contributed by atoms with E-state index in [2.05, 4.69) is 0 Å². The van der Waals surface area contributed by atoms with E-state index in [9.17, 15) is 14.0 Å². The summed E-state index contributed by atoms with van der Waals surface area (Å²) >= 11 is 0. The smallest absolute Gasteiger partial charge is 0.227 e. The van der Waals surface area contributed by atoms with Gasteiger partial charge in [0.15, 0.2) is 0 Å². The fourth-order valence-corrected chi connectivity index (χ4v) is 4.30. The molecular weight excluding hydrogens is 381 g/mol. The van der Waals surface area contributed by atoms with E-state index in [0.29, 0.717) is 31.7 Å². The SMILES string of the molecule is CC1(N)CCCCC1C(=O)N1CCCN(C(=O)Cc2cccc(F)c2)CC1.Cl. The Balaban J connectivity index is 0.00000280. The van der Waals surface area contributed by atoms with Crippen molar-refractivity contribution in [1.29, 1.82) is 0 Å². The van der Waals surface area contributed by atoms with Gasteiger partial charge in [0.1, 0.15) is 5.82 Å². The van der Waals surface area contributed by atoms with Crippen LogP contribution in [0, 0.1) is 11.7 Å². The minimum atomic E-state index is -0.436. The molecule has 1 aliphatic heterocycles. The van der Waals surface area contributed by atoms with E-state index in [1.165, 1.54) is 12.1 Å². The molecule has 1 aromatic rings. The van der Waals surface area contributed by atoms with Crippen LogP contribution in [-0.4, -0.2) is 53.3 Å². The quantitative estimate of drug-likeness (QED) is 0.831. The Kier molecular flexibility index (Phi) is 7.84. The van der Waals surface area contributed by atoms with Crippen LogP contribution in [0.1, 0.15) is 44.6 Å². The third-order valence-corrected chi connectivity index (χ3v) is 5.96. The number of halogens is 2. The van der Waals surface area contributed by atoms with E-state index in [-0.39, 0.29) is 42.4 Å². The molecule has 2 aliphatic rings. The molecule has 156 valence electrons. The third kappa shape index (κ3) is 5.45. The number of nitrogens with zero attached hydrogens (tertiary/aromatic N) is 2. The molecule has 2 atom stereocenters. The molecule has 2 N–H and O–H groups in total. The molecule has 0 aromatic heterocycles. The lowest BCUT2D eigenvalue weighted by Gasteiger charge is -2.39. The number of nitrogens with two attached hydrogens (primary N) is 1. The van der Waals surface area contributed by atoms with E-state index in [4.69, 9.17) is 5.73 Å². The minimum Gasteiger partial charge on any atom is -0.341 e. The molecule has 2 amide bonds. The summed E-state index contributed by atoms with van der Waals surface area (Å²) in [7, 11) is 0. The van der Waals surface area contributed by atoms with Gasteiger partial charge in [0.2, 0.25) is 11.8 Å². The van der Waals surface area contributed by atoms with Crippen molar-refractivity contribution in [3.63, 3.8) is 0 Å². The molecule has 7 heteroatoms. The second-order valence-corrected chi connectivity index (χ2v) is 8.17. The van der Waals surface area contributed by atoms with Crippen LogP contribution in [0.2, 0.25) is 0 Å². The fourth-order valence-electron chi connectivity index (χ4n) is 4.30. The van der Waals surface area contributed by atoms with E-state index < -0.39 is 5.54 Å². The molecule has 0 spiro atoms. The maximum atomic E-state index is 13.3. The van der Waals surface area contributed by atoms with Crippen molar-refractivity contribution in [1.82, 2.24) is 9.80 Å². The molecule has 1 heterocycles. The topological polar surface area (TPSA) is 66.6 Å². The Bertz CT molecular complexity index is 698. The van der Waals surface area contributed by atoms with Crippen molar-refractivity contribution in [2.24, 2.45) is 11.7 Å². The standard InChI is InChI=1S/C21H30FN3O2.ClH/c1-21(23)9-3-2-8-18(21)20(27)25-11-5-10-24(12-13-25)19(26)15-16-6-4-7-17(22)14-16;/h4,6-7,14,18H,2-3,5,8-13,15,23H2,1H3;1H. The average molecular weight is 412 g/mol. The summed E-state index contributed by atoms with van der Waals surface area (Å²) in [6, 6.07) is 6.16. The number of carbonyl (C=O) groups excluding carboxylic acids is 2. The zero-order chi connectivity index (χ0) is 19.4. The highest BCUT2D eigenvalue weighted by atomic mass is 35.5. The Hall–Kier alpha value is -1.66. The van der Waals surface area contributed by atoms with Crippen LogP contribution >= 0.6 is 12.4 Å². The summed E-state index contributed by atoms with van der Waals surface area (Å²) in [5.41, 5.74) is 6.64. The Labute approximate surface area is 172 Å². The molecule has 5 nitrogen and oxygen atoms in total. The monoisotopic (exact) mass is 411 g/mol. The molecule has 2 fully saturated rings. The predicted molar refractivity (Wildman–Crippen MR) is 110 cm³/mol. The summed E-state index contributed by atoms with van der Waals surface area (Å²) < 4.78 is 13.3. The summed E-state index contributed by atoms with van der Waals surface area (Å²) in [5.74, 6) is -0.332. The third-order valence-electron chi connectivity index (χ3n) is 5.96. The first-order chi connectivity index (χ1) is 12.9. The van der Waals surface area contributed by atoms with E-state index in [1.807, 2.05) is 11.8 Å². The zero-order valence-corrected chi connectivity index (χ0v) is 17.3. The minimum absolute atomic E-state index is 0. The van der Waals surface area contributed by atoms with Gasteiger partial charge in [0, 0.05) is 31.7 Å². The number of hydrogen-bond donors (Lipinski definition) is 1. The normalized spacial score (nSPS) is 25.6. The maximum Gasteiger partial charge on any atom is 0.227 e. The van der Waals surface area contributed by atoms with Gasteiger partial charge in [0.05, 0.1) is 12.3 Å². The summed E-state index contributed by atoms with van der Waals surface area (Å²) in [5, 5.41) is 0. The largest absolute Gasteiger partial charge is 0.341 e. The number of hydrogen-bond acceptors (Lipinski definition) is 3. The highest BCUT2D eigenvalue weighted by molar-refractivity contribution is 5.85. The van der Waals surface area contributed by atoms with E-state index in [1.54, 1.807) is 17.0 Å². The van der Waals surface area contributed by atoms with Gasteiger partial charge in [-0.15, -0.1) is 12.4 Å². The lowest BCUT2D eigenvalue weighted by atomic mass is 9.74. The number of carbonyl (C=O) groups is 2. The molecule has 0 bridgehead atoms. The Morgan fingerprint density at radius 3 is 2.57 bits per heavy atom. The van der Waals surface area contributed by atoms with Crippen molar-refractivity contribution in [2.45, 2.75) is 51.0 Å². The number of benzene rings is 1. The van der Waals surface area contributed by atoms with Crippen LogP contribution in [-0.2, 0) is 16.0 Å². The lowest BCUT2D eigenvalue weighted by Crippen LogP contribution is -2.54. The molecule has 28 heavy (non-hydrogen) atoms. The molecule has 1 saturated heterocycles. The van der Waals surface area contributed by atoms with Crippen LogP contribution in [0.3, 0.4) is 0 Å². The highest BCUT2D eigenvalue weighted by Gasteiger charge is 2.40. The van der Waals surface area contributed by atoms with Crippen molar-refractivity contribution < 1.29 is 14.0 Å². The van der Waals surface area contributed by atoms with Gasteiger partial charge in [0.25, 0.3) is 0 Å². The van der Waals surface area contributed by atoms with Crippen molar-refractivity contribution >= 4 is 24.2 Å². The molecule has 2 unspecified atom stereocenters. The summed E-state index contributed by atoms with van der Waals surface area (Å²) in [6.07, 6.45) is 4.82. The second kappa shape index (κ2) is 9.70. The highest BCUT2D eigenvalue weighted by Crippen LogP contribution is 2.33. The average Bonchev–Trinajstić information content (AvgIpc) is 2.87. The first-order valence-corrected chi connectivity index (χ1v) is 9.97. The van der Waals surface area contributed by atoms with Crippen LogP contribution in [0.4, 0.5) is 4.39 Å². The van der Waals surface area contributed by atoms with Crippen LogP contribution in [0.25, 0.3) is 0 Å². The van der Waals surface area contributed by atoms with Gasteiger partial charge in [-0.2, -0.15) is 0 Å².